The highest BCUT2D eigenvalue weighted by Crippen LogP contribution is 2.27. The SMILES string of the molecule is Cc1ccccc1NC(=O)C1CCCCN1S(=O)(=O)c1ccc(Br)cc1. The molecule has 0 aliphatic carbocycles. The zero-order valence-corrected chi connectivity index (χ0v) is 16.9. The van der Waals surface area contributed by atoms with Crippen LogP contribution in [0.15, 0.2) is 57.9 Å². The summed E-state index contributed by atoms with van der Waals surface area (Å²) >= 11 is 3.31. The molecular formula is C19H21BrN2O3S. The van der Waals surface area contributed by atoms with Crippen LogP contribution in [0, 0.1) is 6.92 Å². The van der Waals surface area contributed by atoms with Gasteiger partial charge in [0.2, 0.25) is 15.9 Å². The van der Waals surface area contributed by atoms with Crippen molar-refractivity contribution < 1.29 is 13.2 Å². The standard InChI is InChI=1S/C19H21BrN2O3S/c1-14-6-2-3-7-17(14)21-19(23)18-8-4-5-13-22(18)26(24,25)16-11-9-15(20)10-12-16/h2-3,6-7,9-12,18H,4-5,8,13H2,1H3,(H,21,23). The number of para-hydroxylation sites is 1. The minimum absolute atomic E-state index is 0.205. The van der Waals surface area contributed by atoms with E-state index in [1.807, 2.05) is 31.2 Å². The maximum Gasteiger partial charge on any atom is 0.243 e. The monoisotopic (exact) mass is 436 g/mol. The lowest BCUT2D eigenvalue weighted by atomic mass is 10.0. The Bertz CT molecular complexity index is 897. The Morgan fingerprint density at radius 1 is 1.12 bits per heavy atom. The summed E-state index contributed by atoms with van der Waals surface area (Å²) in [5.41, 5.74) is 1.66. The summed E-state index contributed by atoms with van der Waals surface area (Å²) in [5, 5.41) is 2.89. The van der Waals surface area contributed by atoms with Gasteiger partial charge in [-0.05, 0) is 55.7 Å². The third-order valence-corrected chi connectivity index (χ3v) is 7.03. The van der Waals surface area contributed by atoms with Crippen molar-refractivity contribution in [1.29, 1.82) is 0 Å². The van der Waals surface area contributed by atoms with Gasteiger partial charge in [0.25, 0.3) is 0 Å². The molecule has 1 N–H and O–H groups in total. The van der Waals surface area contributed by atoms with Gasteiger partial charge in [-0.1, -0.05) is 40.5 Å². The number of benzene rings is 2. The summed E-state index contributed by atoms with van der Waals surface area (Å²) in [6, 6.07) is 13.3. The van der Waals surface area contributed by atoms with Gasteiger partial charge in [0.1, 0.15) is 6.04 Å². The van der Waals surface area contributed by atoms with Crippen LogP contribution in [0.1, 0.15) is 24.8 Å². The molecule has 5 nitrogen and oxygen atoms in total. The molecule has 1 aliphatic rings. The molecule has 1 amide bonds. The van der Waals surface area contributed by atoms with Crippen LogP contribution in [0.5, 0.6) is 0 Å². The Kier molecular flexibility index (Phi) is 5.79. The number of amides is 1. The van der Waals surface area contributed by atoms with Gasteiger partial charge in [-0.15, -0.1) is 0 Å². The lowest BCUT2D eigenvalue weighted by Gasteiger charge is -2.33. The lowest BCUT2D eigenvalue weighted by molar-refractivity contribution is -0.120. The average Bonchev–Trinajstić information content (AvgIpc) is 2.64. The molecule has 1 aliphatic heterocycles. The van der Waals surface area contributed by atoms with E-state index in [1.54, 1.807) is 24.3 Å². The van der Waals surface area contributed by atoms with Crippen molar-refractivity contribution in [2.45, 2.75) is 37.1 Å². The van der Waals surface area contributed by atoms with Crippen molar-refractivity contribution in [3.8, 4) is 0 Å². The number of halogens is 1. The highest BCUT2D eigenvalue weighted by Gasteiger charge is 2.37. The van der Waals surface area contributed by atoms with Crippen LogP contribution >= 0.6 is 15.9 Å². The molecular weight excluding hydrogens is 416 g/mol. The largest absolute Gasteiger partial charge is 0.324 e. The smallest absolute Gasteiger partial charge is 0.243 e. The molecule has 1 fully saturated rings. The molecule has 138 valence electrons. The number of nitrogens with zero attached hydrogens (tertiary/aromatic N) is 1. The summed E-state index contributed by atoms with van der Waals surface area (Å²) in [6.07, 6.45) is 2.11. The van der Waals surface area contributed by atoms with E-state index >= 15 is 0 Å². The molecule has 0 bridgehead atoms. The van der Waals surface area contributed by atoms with E-state index in [9.17, 15) is 13.2 Å². The lowest BCUT2D eigenvalue weighted by Crippen LogP contribution is -2.49. The van der Waals surface area contributed by atoms with Crippen molar-refractivity contribution in [3.05, 3.63) is 58.6 Å². The number of carbonyl (C=O) groups is 1. The molecule has 1 atom stereocenters. The van der Waals surface area contributed by atoms with Gasteiger partial charge >= 0.3 is 0 Å². The highest BCUT2D eigenvalue weighted by atomic mass is 79.9. The number of rotatable bonds is 4. The maximum atomic E-state index is 13.1. The van der Waals surface area contributed by atoms with Crippen LogP contribution in [-0.4, -0.2) is 31.2 Å². The fourth-order valence-corrected chi connectivity index (χ4v) is 5.05. The zero-order valence-electron chi connectivity index (χ0n) is 14.5. The molecule has 0 saturated carbocycles. The van der Waals surface area contributed by atoms with Crippen molar-refractivity contribution in [2.75, 3.05) is 11.9 Å². The van der Waals surface area contributed by atoms with Crippen LogP contribution in [-0.2, 0) is 14.8 Å². The maximum absolute atomic E-state index is 13.1. The third-order valence-electron chi connectivity index (χ3n) is 4.58. The van der Waals surface area contributed by atoms with E-state index in [4.69, 9.17) is 0 Å². The minimum atomic E-state index is -3.72. The van der Waals surface area contributed by atoms with Gasteiger partial charge in [-0.25, -0.2) is 8.42 Å². The first-order valence-electron chi connectivity index (χ1n) is 8.53. The van der Waals surface area contributed by atoms with Crippen molar-refractivity contribution in [1.82, 2.24) is 4.31 Å². The van der Waals surface area contributed by atoms with E-state index in [0.717, 1.165) is 22.9 Å². The molecule has 2 aromatic rings. The molecule has 0 aromatic heterocycles. The normalized spacial score (nSPS) is 18.5. The molecule has 2 aromatic carbocycles. The van der Waals surface area contributed by atoms with Gasteiger partial charge in [-0.2, -0.15) is 4.31 Å². The van der Waals surface area contributed by atoms with Gasteiger partial charge < -0.3 is 5.32 Å². The van der Waals surface area contributed by atoms with Crippen LogP contribution < -0.4 is 5.32 Å². The van der Waals surface area contributed by atoms with Crippen LogP contribution in [0.25, 0.3) is 0 Å². The summed E-state index contributed by atoms with van der Waals surface area (Å²) < 4.78 is 28.3. The van der Waals surface area contributed by atoms with Gasteiger partial charge in [0.05, 0.1) is 4.90 Å². The van der Waals surface area contributed by atoms with E-state index in [1.165, 1.54) is 4.31 Å². The molecule has 1 heterocycles. The predicted octanol–water partition coefficient (Wildman–Crippen LogP) is 3.94. The Morgan fingerprint density at radius 3 is 2.50 bits per heavy atom. The zero-order chi connectivity index (χ0) is 18.7. The molecule has 0 spiro atoms. The van der Waals surface area contributed by atoms with Gasteiger partial charge in [0.15, 0.2) is 0 Å². The summed E-state index contributed by atoms with van der Waals surface area (Å²) in [6.45, 7) is 2.26. The van der Waals surface area contributed by atoms with Crippen molar-refractivity contribution in [2.24, 2.45) is 0 Å². The Hall–Kier alpha value is -1.70. The van der Waals surface area contributed by atoms with E-state index in [-0.39, 0.29) is 10.8 Å². The fraction of sp³-hybridized carbons (Fsp3) is 0.316. The first-order chi connectivity index (χ1) is 12.4. The first kappa shape index (κ1) is 19.1. The van der Waals surface area contributed by atoms with E-state index < -0.39 is 16.1 Å². The number of anilines is 1. The number of piperidine rings is 1. The number of hydrogen-bond acceptors (Lipinski definition) is 3. The van der Waals surface area contributed by atoms with Crippen molar-refractivity contribution >= 4 is 37.5 Å². The third kappa shape index (κ3) is 4.00. The fourth-order valence-electron chi connectivity index (χ4n) is 3.13. The molecule has 7 heteroatoms. The van der Waals surface area contributed by atoms with Gasteiger partial charge in [-0.3, -0.25) is 4.79 Å². The molecule has 1 saturated heterocycles. The van der Waals surface area contributed by atoms with Crippen LogP contribution in [0.4, 0.5) is 5.69 Å². The molecule has 26 heavy (non-hydrogen) atoms. The second-order valence-electron chi connectivity index (χ2n) is 6.39. The second kappa shape index (κ2) is 7.90. The summed E-state index contributed by atoms with van der Waals surface area (Å²) in [7, 11) is -3.72. The van der Waals surface area contributed by atoms with E-state index in [2.05, 4.69) is 21.2 Å². The summed E-state index contributed by atoms with van der Waals surface area (Å²) in [5.74, 6) is -0.278. The molecule has 1 unspecified atom stereocenters. The highest BCUT2D eigenvalue weighted by molar-refractivity contribution is 9.10. The van der Waals surface area contributed by atoms with Crippen LogP contribution in [0.3, 0.4) is 0 Å². The van der Waals surface area contributed by atoms with E-state index in [0.29, 0.717) is 18.7 Å². The van der Waals surface area contributed by atoms with Gasteiger partial charge in [0, 0.05) is 16.7 Å². The Labute approximate surface area is 162 Å². The Morgan fingerprint density at radius 2 is 1.81 bits per heavy atom. The minimum Gasteiger partial charge on any atom is -0.324 e. The second-order valence-corrected chi connectivity index (χ2v) is 9.19. The number of aryl methyl sites for hydroxylation is 1. The topological polar surface area (TPSA) is 66.5 Å². The number of nitrogens with one attached hydrogen (secondary N) is 1. The number of sulfonamides is 1. The van der Waals surface area contributed by atoms with Crippen molar-refractivity contribution in [3.63, 3.8) is 0 Å². The molecule has 0 radical (unpaired) electrons. The molecule has 3 rings (SSSR count). The first-order valence-corrected chi connectivity index (χ1v) is 10.8. The number of carbonyl (C=O) groups excluding carboxylic acids is 1. The number of hydrogen-bond donors (Lipinski definition) is 1. The Balaban J connectivity index is 1.86. The summed E-state index contributed by atoms with van der Waals surface area (Å²) in [4.78, 5) is 13.0. The average molecular weight is 437 g/mol. The quantitative estimate of drug-likeness (QED) is 0.788. The van der Waals surface area contributed by atoms with Crippen LogP contribution in [0.2, 0.25) is 0 Å². The predicted molar refractivity (Wildman–Crippen MR) is 105 cm³/mol.